The van der Waals surface area contributed by atoms with Crippen LogP contribution in [0.2, 0.25) is 5.02 Å². The molecule has 1 amide bonds. The van der Waals surface area contributed by atoms with Gasteiger partial charge in [-0.2, -0.15) is 0 Å². The number of hydrogen-bond acceptors (Lipinski definition) is 3. The summed E-state index contributed by atoms with van der Waals surface area (Å²) in [5, 5.41) is 13.9. The standard InChI is InChI=1S/C13H8ClIN2O3/c14-8-2-1-3-9(6-8)16-13(18)11-5-4-10(17(19)20)7-12(11)15/h1-7H,(H,16,18). The van der Waals surface area contributed by atoms with Crippen LogP contribution in [0.25, 0.3) is 0 Å². The molecule has 20 heavy (non-hydrogen) atoms. The molecule has 0 fully saturated rings. The summed E-state index contributed by atoms with van der Waals surface area (Å²) in [6, 6.07) is 10.8. The number of carbonyl (C=O) groups is 1. The van der Waals surface area contributed by atoms with Crippen molar-refractivity contribution in [3.63, 3.8) is 0 Å². The van der Waals surface area contributed by atoms with E-state index in [-0.39, 0.29) is 11.6 Å². The first-order valence-corrected chi connectivity index (χ1v) is 6.94. The van der Waals surface area contributed by atoms with E-state index >= 15 is 0 Å². The van der Waals surface area contributed by atoms with Gasteiger partial charge in [-0.25, -0.2) is 0 Å². The van der Waals surface area contributed by atoms with Gasteiger partial charge in [0, 0.05) is 26.4 Å². The van der Waals surface area contributed by atoms with Gasteiger partial charge in [0.2, 0.25) is 0 Å². The van der Waals surface area contributed by atoms with Crippen LogP contribution < -0.4 is 5.32 Å². The van der Waals surface area contributed by atoms with Gasteiger partial charge in [0.1, 0.15) is 0 Å². The zero-order chi connectivity index (χ0) is 14.7. The number of benzene rings is 2. The Hall–Kier alpha value is -1.67. The summed E-state index contributed by atoms with van der Waals surface area (Å²) in [6.07, 6.45) is 0. The molecule has 0 heterocycles. The maximum Gasteiger partial charge on any atom is 0.270 e. The Balaban J connectivity index is 2.23. The summed E-state index contributed by atoms with van der Waals surface area (Å²) >= 11 is 7.73. The third-order valence-corrected chi connectivity index (χ3v) is 3.62. The molecule has 0 saturated carbocycles. The van der Waals surface area contributed by atoms with Crippen LogP contribution in [0.4, 0.5) is 11.4 Å². The molecule has 0 atom stereocenters. The van der Waals surface area contributed by atoms with Crippen LogP contribution in [0.3, 0.4) is 0 Å². The number of anilines is 1. The maximum absolute atomic E-state index is 12.1. The highest BCUT2D eigenvalue weighted by Crippen LogP contribution is 2.21. The monoisotopic (exact) mass is 402 g/mol. The van der Waals surface area contributed by atoms with E-state index in [0.717, 1.165) is 0 Å². The largest absolute Gasteiger partial charge is 0.322 e. The van der Waals surface area contributed by atoms with Crippen LogP contribution in [0.5, 0.6) is 0 Å². The highest BCUT2D eigenvalue weighted by Gasteiger charge is 2.14. The number of carbonyl (C=O) groups excluding carboxylic acids is 1. The van der Waals surface area contributed by atoms with Crippen molar-refractivity contribution in [1.29, 1.82) is 0 Å². The van der Waals surface area contributed by atoms with E-state index < -0.39 is 4.92 Å². The Morgan fingerprint density at radius 1 is 1.25 bits per heavy atom. The summed E-state index contributed by atoms with van der Waals surface area (Å²) < 4.78 is 0.510. The van der Waals surface area contributed by atoms with Crippen molar-refractivity contribution in [2.45, 2.75) is 0 Å². The van der Waals surface area contributed by atoms with Gasteiger partial charge in [-0.05, 0) is 46.9 Å². The number of non-ortho nitro benzene ring substituents is 1. The van der Waals surface area contributed by atoms with Crippen molar-refractivity contribution in [3.05, 3.63) is 66.7 Å². The maximum atomic E-state index is 12.1. The number of nitro groups is 1. The Morgan fingerprint density at radius 2 is 2.00 bits per heavy atom. The van der Waals surface area contributed by atoms with E-state index in [1.807, 2.05) is 22.6 Å². The molecule has 102 valence electrons. The van der Waals surface area contributed by atoms with E-state index in [9.17, 15) is 14.9 Å². The average molecular weight is 403 g/mol. The van der Waals surface area contributed by atoms with Gasteiger partial charge >= 0.3 is 0 Å². The lowest BCUT2D eigenvalue weighted by Crippen LogP contribution is -2.13. The SMILES string of the molecule is O=C(Nc1cccc(Cl)c1)c1ccc([N+](=O)[O-])cc1I. The summed E-state index contributed by atoms with van der Waals surface area (Å²) in [7, 11) is 0. The van der Waals surface area contributed by atoms with Crippen molar-refractivity contribution in [2.75, 3.05) is 5.32 Å². The topological polar surface area (TPSA) is 72.2 Å². The number of hydrogen-bond donors (Lipinski definition) is 1. The van der Waals surface area contributed by atoms with Crippen LogP contribution in [0.15, 0.2) is 42.5 Å². The van der Waals surface area contributed by atoms with Crippen molar-refractivity contribution in [1.82, 2.24) is 0 Å². The third-order valence-electron chi connectivity index (χ3n) is 2.49. The smallest absolute Gasteiger partial charge is 0.270 e. The predicted octanol–water partition coefficient (Wildman–Crippen LogP) is 4.11. The van der Waals surface area contributed by atoms with Gasteiger partial charge in [0.25, 0.3) is 11.6 Å². The minimum Gasteiger partial charge on any atom is -0.322 e. The van der Waals surface area contributed by atoms with Gasteiger partial charge in [-0.3, -0.25) is 14.9 Å². The fourth-order valence-corrected chi connectivity index (χ4v) is 2.50. The van der Waals surface area contributed by atoms with Crippen LogP contribution in [0.1, 0.15) is 10.4 Å². The Bertz CT molecular complexity index is 691. The Kier molecular flexibility index (Phi) is 4.56. The second-order valence-corrected chi connectivity index (χ2v) is 5.48. The zero-order valence-corrected chi connectivity index (χ0v) is 12.9. The molecule has 7 heteroatoms. The lowest BCUT2D eigenvalue weighted by molar-refractivity contribution is -0.384. The number of halogens is 2. The molecule has 0 aromatic heterocycles. The van der Waals surface area contributed by atoms with Gasteiger partial charge in [0.15, 0.2) is 0 Å². The predicted molar refractivity (Wildman–Crippen MR) is 85.2 cm³/mol. The summed E-state index contributed by atoms with van der Waals surface area (Å²) in [4.78, 5) is 22.2. The number of nitrogens with one attached hydrogen (secondary N) is 1. The molecule has 0 bridgehead atoms. The van der Waals surface area contributed by atoms with Gasteiger partial charge < -0.3 is 5.32 Å². The van der Waals surface area contributed by atoms with Crippen LogP contribution in [-0.2, 0) is 0 Å². The molecular weight excluding hydrogens is 395 g/mol. The molecule has 0 aliphatic heterocycles. The summed E-state index contributed by atoms with van der Waals surface area (Å²) in [6.45, 7) is 0. The van der Waals surface area contributed by atoms with Crippen molar-refractivity contribution < 1.29 is 9.72 Å². The zero-order valence-electron chi connectivity index (χ0n) is 9.97. The van der Waals surface area contributed by atoms with Crippen molar-refractivity contribution >= 4 is 51.5 Å². The third kappa shape index (κ3) is 3.45. The Labute approximate surface area is 133 Å². The fourth-order valence-electron chi connectivity index (χ4n) is 1.57. The molecule has 0 spiro atoms. The average Bonchev–Trinajstić information content (AvgIpc) is 2.38. The van der Waals surface area contributed by atoms with E-state index in [1.54, 1.807) is 24.3 Å². The van der Waals surface area contributed by atoms with Crippen LogP contribution in [-0.4, -0.2) is 10.8 Å². The number of nitrogens with zero attached hydrogens (tertiary/aromatic N) is 1. The lowest BCUT2D eigenvalue weighted by atomic mass is 10.2. The van der Waals surface area contributed by atoms with Crippen molar-refractivity contribution in [2.24, 2.45) is 0 Å². The molecule has 0 radical (unpaired) electrons. The number of nitro benzene ring substituents is 1. The molecule has 0 saturated heterocycles. The quantitative estimate of drug-likeness (QED) is 0.477. The second-order valence-electron chi connectivity index (χ2n) is 3.89. The first-order chi connectivity index (χ1) is 9.47. The molecule has 5 nitrogen and oxygen atoms in total. The first-order valence-electron chi connectivity index (χ1n) is 5.48. The lowest BCUT2D eigenvalue weighted by Gasteiger charge is -2.07. The normalized spacial score (nSPS) is 10.1. The van der Waals surface area contributed by atoms with Crippen LogP contribution >= 0.6 is 34.2 Å². The molecule has 2 aromatic carbocycles. The molecule has 2 aromatic rings. The fraction of sp³-hybridized carbons (Fsp3) is 0. The van der Waals surface area contributed by atoms with E-state index in [4.69, 9.17) is 11.6 Å². The van der Waals surface area contributed by atoms with Crippen LogP contribution in [0, 0.1) is 13.7 Å². The van der Waals surface area contributed by atoms with E-state index in [2.05, 4.69) is 5.32 Å². The summed E-state index contributed by atoms with van der Waals surface area (Å²) in [5.74, 6) is -0.341. The minimum absolute atomic E-state index is 0.0475. The van der Waals surface area contributed by atoms with Gasteiger partial charge in [0.05, 0.1) is 10.5 Å². The highest BCUT2D eigenvalue weighted by molar-refractivity contribution is 14.1. The minimum atomic E-state index is -0.499. The molecule has 1 N–H and O–H groups in total. The molecule has 0 aliphatic carbocycles. The summed E-state index contributed by atoms with van der Waals surface area (Å²) in [5.41, 5.74) is 0.890. The van der Waals surface area contributed by atoms with E-state index in [1.165, 1.54) is 18.2 Å². The highest BCUT2D eigenvalue weighted by atomic mass is 127. The molecule has 0 aliphatic rings. The van der Waals surface area contributed by atoms with Gasteiger partial charge in [-0.1, -0.05) is 17.7 Å². The number of amides is 1. The molecule has 2 rings (SSSR count). The second kappa shape index (κ2) is 6.19. The molecule has 0 unspecified atom stereocenters. The van der Waals surface area contributed by atoms with E-state index in [0.29, 0.717) is 19.8 Å². The molecular formula is C13H8ClIN2O3. The van der Waals surface area contributed by atoms with Crippen molar-refractivity contribution in [3.8, 4) is 0 Å². The van der Waals surface area contributed by atoms with Gasteiger partial charge in [-0.15, -0.1) is 0 Å². The number of rotatable bonds is 3. The first kappa shape index (κ1) is 14.7. The Morgan fingerprint density at radius 3 is 2.60 bits per heavy atom.